The van der Waals surface area contributed by atoms with E-state index in [0.29, 0.717) is 12.0 Å². The first kappa shape index (κ1) is 12.1. The predicted molar refractivity (Wildman–Crippen MR) is 71.2 cm³/mol. The fourth-order valence-electron chi connectivity index (χ4n) is 2.09. The van der Waals surface area contributed by atoms with Crippen LogP contribution < -0.4 is 10.6 Å². The van der Waals surface area contributed by atoms with Gasteiger partial charge in [-0.1, -0.05) is 26.7 Å². The molecule has 0 aliphatic heterocycles. The predicted octanol–water partition coefficient (Wildman–Crippen LogP) is 2.90. The Morgan fingerprint density at radius 1 is 1.35 bits per heavy atom. The number of nitrogens with zero attached hydrogens (tertiary/aromatic N) is 2. The van der Waals surface area contributed by atoms with Gasteiger partial charge in [0.1, 0.15) is 5.82 Å². The van der Waals surface area contributed by atoms with Crippen molar-refractivity contribution in [3.05, 3.63) is 12.3 Å². The zero-order valence-electron chi connectivity index (χ0n) is 10.7. The third-order valence-corrected chi connectivity index (χ3v) is 3.04. The van der Waals surface area contributed by atoms with E-state index in [2.05, 4.69) is 34.4 Å². The molecule has 1 saturated carbocycles. The van der Waals surface area contributed by atoms with Crippen LogP contribution in [0.25, 0.3) is 0 Å². The summed E-state index contributed by atoms with van der Waals surface area (Å²) in [4.78, 5) is 8.74. The Hall–Kier alpha value is -1.32. The van der Waals surface area contributed by atoms with Crippen LogP contribution in [0.15, 0.2) is 12.3 Å². The molecule has 1 aromatic heterocycles. The minimum absolute atomic E-state index is 0.565. The summed E-state index contributed by atoms with van der Waals surface area (Å²) in [6, 6.07) is 2.48. The van der Waals surface area contributed by atoms with Crippen LogP contribution in [0, 0.1) is 5.92 Å². The van der Waals surface area contributed by atoms with E-state index in [0.717, 1.165) is 18.3 Å². The van der Waals surface area contributed by atoms with Crippen LogP contribution in [0.5, 0.6) is 0 Å². The maximum Gasteiger partial charge on any atom is 0.224 e. The van der Waals surface area contributed by atoms with Gasteiger partial charge in [-0.05, 0) is 24.8 Å². The third-order valence-electron chi connectivity index (χ3n) is 3.04. The fraction of sp³-hybridized carbons (Fsp3) is 0.692. The molecule has 0 saturated heterocycles. The second-order valence-corrected chi connectivity index (χ2v) is 5.17. The molecular weight excluding hydrogens is 212 g/mol. The van der Waals surface area contributed by atoms with Crippen LogP contribution in [-0.4, -0.2) is 22.6 Å². The van der Waals surface area contributed by atoms with Crippen LogP contribution >= 0.6 is 0 Å². The van der Waals surface area contributed by atoms with Crippen molar-refractivity contribution in [3.63, 3.8) is 0 Å². The minimum atomic E-state index is 0.565. The Labute approximate surface area is 103 Å². The van der Waals surface area contributed by atoms with Crippen LogP contribution in [0.4, 0.5) is 11.8 Å². The molecule has 2 rings (SSSR count). The van der Waals surface area contributed by atoms with Crippen LogP contribution in [0.3, 0.4) is 0 Å². The first-order valence-electron chi connectivity index (χ1n) is 6.57. The van der Waals surface area contributed by atoms with Gasteiger partial charge in [0.15, 0.2) is 0 Å². The lowest BCUT2D eigenvalue weighted by Gasteiger charge is -2.13. The summed E-state index contributed by atoms with van der Waals surface area (Å²) in [5.41, 5.74) is 0. The standard InChI is InChI=1S/C13H22N4/c1-10(2)9-15-12-7-8-14-13(17-12)16-11-5-3-4-6-11/h7-8,10-11H,3-6,9H2,1-2H3,(H2,14,15,16,17). The smallest absolute Gasteiger partial charge is 0.224 e. The van der Waals surface area contributed by atoms with E-state index in [1.54, 1.807) is 0 Å². The molecule has 1 fully saturated rings. The molecule has 1 aliphatic rings. The number of aromatic nitrogens is 2. The highest BCUT2D eigenvalue weighted by molar-refractivity contribution is 5.40. The lowest BCUT2D eigenvalue weighted by atomic mass is 10.2. The molecule has 1 aromatic rings. The Bertz CT molecular complexity index is 345. The molecule has 0 atom stereocenters. The summed E-state index contributed by atoms with van der Waals surface area (Å²) in [5, 5.41) is 6.72. The summed E-state index contributed by atoms with van der Waals surface area (Å²) in [7, 11) is 0. The van der Waals surface area contributed by atoms with Crippen molar-refractivity contribution in [3.8, 4) is 0 Å². The first-order valence-corrected chi connectivity index (χ1v) is 6.57. The highest BCUT2D eigenvalue weighted by atomic mass is 15.1. The van der Waals surface area contributed by atoms with Gasteiger partial charge in [0.25, 0.3) is 0 Å². The molecule has 0 unspecified atom stereocenters. The van der Waals surface area contributed by atoms with Gasteiger partial charge < -0.3 is 10.6 Å². The largest absolute Gasteiger partial charge is 0.370 e. The summed E-state index contributed by atoms with van der Waals surface area (Å²) < 4.78 is 0. The Balaban J connectivity index is 1.91. The lowest BCUT2D eigenvalue weighted by Crippen LogP contribution is -2.17. The quantitative estimate of drug-likeness (QED) is 0.822. The van der Waals surface area contributed by atoms with Gasteiger partial charge in [0.05, 0.1) is 0 Å². The second-order valence-electron chi connectivity index (χ2n) is 5.17. The zero-order chi connectivity index (χ0) is 12.1. The molecule has 1 aliphatic carbocycles. The average Bonchev–Trinajstić information content (AvgIpc) is 2.80. The Kier molecular flexibility index (Phi) is 4.18. The number of nitrogens with one attached hydrogen (secondary N) is 2. The van der Waals surface area contributed by atoms with E-state index < -0.39 is 0 Å². The molecule has 17 heavy (non-hydrogen) atoms. The highest BCUT2D eigenvalue weighted by Gasteiger charge is 2.15. The van der Waals surface area contributed by atoms with Gasteiger partial charge in [-0.25, -0.2) is 4.98 Å². The van der Waals surface area contributed by atoms with E-state index >= 15 is 0 Å². The van der Waals surface area contributed by atoms with Crippen molar-refractivity contribution in [2.45, 2.75) is 45.6 Å². The van der Waals surface area contributed by atoms with E-state index in [1.807, 2.05) is 12.3 Å². The summed E-state index contributed by atoms with van der Waals surface area (Å²) in [5.74, 6) is 2.29. The summed E-state index contributed by atoms with van der Waals surface area (Å²) in [6.45, 7) is 5.32. The first-order chi connectivity index (χ1) is 8.24. The van der Waals surface area contributed by atoms with E-state index in [1.165, 1.54) is 25.7 Å². The van der Waals surface area contributed by atoms with E-state index in [4.69, 9.17) is 0 Å². The molecular formula is C13H22N4. The molecule has 1 heterocycles. The molecule has 2 N–H and O–H groups in total. The monoisotopic (exact) mass is 234 g/mol. The summed E-state index contributed by atoms with van der Waals surface area (Å²) in [6.07, 6.45) is 6.94. The van der Waals surface area contributed by atoms with Crippen molar-refractivity contribution >= 4 is 11.8 Å². The van der Waals surface area contributed by atoms with Crippen molar-refractivity contribution in [1.29, 1.82) is 0 Å². The Morgan fingerprint density at radius 3 is 2.82 bits per heavy atom. The van der Waals surface area contributed by atoms with Crippen molar-refractivity contribution in [2.24, 2.45) is 5.92 Å². The van der Waals surface area contributed by atoms with Crippen molar-refractivity contribution in [2.75, 3.05) is 17.2 Å². The molecule has 0 aromatic carbocycles. The maximum absolute atomic E-state index is 4.47. The minimum Gasteiger partial charge on any atom is -0.370 e. The van der Waals surface area contributed by atoms with Gasteiger partial charge in [0.2, 0.25) is 5.95 Å². The lowest BCUT2D eigenvalue weighted by molar-refractivity contribution is 0.686. The average molecular weight is 234 g/mol. The van der Waals surface area contributed by atoms with Gasteiger partial charge in [-0.2, -0.15) is 4.98 Å². The fourth-order valence-corrected chi connectivity index (χ4v) is 2.09. The van der Waals surface area contributed by atoms with Gasteiger partial charge in [-0.15, -0.1) is 0 Å². The zero-order valence-corrected chi connectivity index (χ0v) is 10.7. The highest BCUT2D eigenvalue weighted by Crippen LogP contribution is 2.20. The molecule has 0 amide bonds. The maximum atomic E-state index is 4.47. The molecule has 0 spiro atoms. The molecule has 4 heteroatoms. The molecule has 94 valence electrons. The van der Waals surface area contributed by atoms with E-state index in [9.17, 15) is 0 Å². The number of hydrogen-bond acceptors (Lipinski definition) is 4. The molecule has 0 radical (unpaired) electrons. The van der Waals surface area contributed by atoms with Gasteiger partial charge in [0, 0.05) is 18.8 Å². The number of rotatable bonds is 5. The van der Waals surface area contributed by atoms with Crippen molar-refractivity contribution in [1.82, 2.24) is 9.97 Å². The SMILES string of the molecule is CC(C)CNc1ccnc(NC2CCCC2)n1. The van der Waals surface area contributed by atoms with Gasteiger partial charge >= 0.3 is 0 Å². The topological polar surface area (TPSA) is 49.8 Å². The third kappa shape index (κ3) is 3.88. The molecule has 0 bridgehead atoms. The van der Waals surface area contributed by atoms with Crippen LogP contribution in [0.1, 0.15) is 39.5 Å². The van der Waals surface area contributed by atoms with E-state index in [-0.39, 0.29) is 0 Å². The number of anilines is 2. The normalized spacial score (nSPS) is 16.4. The van der Waals surface area contributed by atoms with Crippen molar-refractivity contribution < 1.29 is 0 Å². The van der Waals surface area contributed by atoms with Crippen LogP contribution in [-0.2, 0) is 0 Å². The Morgan fingerprint density at radius 2 is 2.12 bits per heavy atom. The summed E-state index contributed by atoms with van der Waals surface area (Å²) >= 11 is 0. The van der Waals surface area contributed by atoms with Gasteiger partial charge in [-0.3, -0.25) is 0 Å². The molecule has 4 nitrogen and oxygen atoms in total. The number of hydrogen-bond donors (Lipinski definition) is 2. The van der Waals surface area contributed by atoms with Crippen LogP contribution in [0.2, 0.25) is 0 Å². The second kappa shape index (κ2) is 5.84.